The molecule has 0 radical (unpaired) electrons. The summed E-state index contributed by atoms with van der Waals surface area (Å²) in [6.45, 7) is 0. The van der Waals surface area contributed by atoms with Crippen LogP contribution in [0.25, 0.3) is 28.0 Å². The SMILES string of the molecule is Nc1c(C2CC2)c(C2C[C@H]3CC[C@@H](C2)N3C(=O)c2n[nH]c(=O)[nH]2)nc2c(-c3ccc(-c4ccccc4)nc3)cnn12. The molecular formula is C30H29N9O2. The van der Waals surface area contributed by atoms with Gasteiger partial charge in [0, 0.05) is 46.5 Å². The molecule has 1 amide bonds. The fraction of sp³-hybridized carbons (Fsp3) is 0.333. The fourth-order valence-electron chi connectivity index (χ4n) is 6.91. The van der Waals surface area contributed by atoms with E-state index in [1.807, 2.05) is 53.7 Å². The maximum absolute atomic E-state index is 13.2. The van der Waals surface area contributed by atoms with Crippen LogP contribution in [0.4, 0.5) is 5.82 Å². The van der Waals surface area contributed by atoms with Gasteiger partial charge in [-0.3, -0.25) is 14.8 Å². The Hall–Kier alpha value is -4.80. The van der Waals surface area contributed by atoms with Crippen LogP contribution in [-0.2, 0) is 0 Å². The standard InChI is InChI=1S/C30H29N9O2/c31-26-24(17-6-7-17)25(19-12-20-9-10-21(13-19)38(20)29(40)27-35-30(41)37-36-27)34-28-22(15-33-39(26)28)18-8-11-23(32-14-18)16-4-2-1-3-5-16/h1-5,8,11,14-15,17,19-21H,6-7,9-10,12-13,31H2,(H2,35,36,37,41)/t19?,20-,21+. The molecule has 6 heterocycles. The Bertz CT molecular complexity index is 1820. The average molecular weight is 548 g/mol. The molecule has 11 nitrogen and oxygen atoms in total. The molecule has 4 N–H and O–H groups in total. The fourth-order valence-corrected chi connectivity index (χ4v) is 6.91. The van der Waals surface area contributed by atoms with Gasteiger partial charge in [0.2, 0.25) is 5.82 Å². The summed E-state index contributed by atoms with van der Waals surface area (Å²) in [5.41, 5.74) is 13.1. The summed E-state index contributed by atoms with van der Waals surface area (Å²) in [6.07, 6.45) is 9.35. The number of benzene rings is 1. The van der Waals surface area contributed by atoms with Crippen molar-refractivity contribution in [2.24, 2.45) is 0 Å². The zero-order valence-corrected chi connectivity index (χ0v) is 22.3. The molecule has 3 aliphatic rings. The molecular weight excluding hydrogens is 518 g/mol. The molecule has 1 saturated carbocycles. The third-order valence-corrected chi connectivity index (χ3v) is 8.94. The summed E-state index contributed by atoms with van der Waals surface area (Å²) in [7, 11) is 0. The first-order valence-corrected chi connectivity index (χ1v) is 14.2. The quantitative estimate of drug-likeness (QED) is 0.302. The molecule has 3 atom stereocenters. The highest BCUT2D eigenvalue weighted by Crippen LogP contribution is 2.50. The number of anilines is 1. The van der Waals surface area contributed by atoms with Gasteiger partial charge in [0.15, 0.2) is 5.65 Å². The van der Waals surface area contributed by atoms with Crippen molar-refractivity contribution >= 4 is 17.4 Å². The van der Waals surface area contributed by atoms with Crippen LogP contribution in [0, 0.1) is 0 Å². The Labute approximate surface area is 234 Å². The van der Waals surface area contributed by atoms with Crippen molar-refractivity contribution < 1.29 is 4.79 Å². The molecule has 2 bridgehead atoms. The highest BCUT2D eigenvalue weighted by molar-refractivity contribution is 5.91. The smallest absolute Gasteiger partial charge is 0.341 e. The topological polar surface area (TPSA) is 151 Å². The van der Waals surface area contributed by atoms with Crippen LogP contribution >= 0.6 is 0 Å². The molecule has 206 valence electrons. The lowest BCUT2D eigenvalue weighted by molar-refractivity contribution is 0.0557. The van der Waals surface area contributed by atoms with Crippen molar-refractivity contribution in [1.82, 2.24) is 39.7 Å². The number of aromatic nitrogens is 7. The van der Waals surface area contributed by atoms with Gasteiger partial charge in [0.25, 0.3) is 5.91 Å². The second-order valence-corrected chi connectivity index (χ2v) is 11.5. The molecule has 2 aliphatic heterocycles. The van der Waals surface area contributed by atoms with E-state index in [-0.39, 0.29) is 29.7 Å². The molecule has 1 aromatic carbocycles. The molecule has 0 spiro atoms. The number of piperidine rings is 1. The largest absolute Gasteiger partial charge is 0.383 e. The van der Waals surface area contributed by atoms with Crippen LogP contribution in [0.5, 0.6) is 0 Å². The molecule has 1 aliphatic carbocycles. The predicted octanol–water partition coefficient (Wildman–Crippen LogP) is 3.88. The van der Waals surface area contributed by atoms with Crippen LogP contribution < -0.4 is 11.4 Å². The van der Waals surface area contributed by atoms with Crippen LogP contribution in [0.1, 0.15) is 72.2 Å². The Morgan fingerprint density at radius 1 is 0.927 bits per heavy atom. The summed E-state index contributed by atoms with van der Waals surface area (Å²) >= 11 is 0. The van der Waals surface area contributed by atoms with E-state index in [9.17, 15) is 9.59 Å². The number of nitrogens with two attached hydrogens (primary N) is 1. The highest BCUT2D eigenvalue weighted by atomic mass is 16.2. The van der Waals surface area contributed by atoms with Crippen LogP contribution in [0.3, 0.4) is 0 Å². The Balaban J connectivity index is 1.15. The van der Waals surface area contributed by atoms with Gasteiger partial charge in [0.1, 0.15) is 5.82 Å². The van der Waals surface area contributed by atoms with Crippen molar-refractivity contribution in [3.63, 3.8) is 0 Å². The van der Waals surface area contributed by atoms with E-state index in [2.05, 4.69) is 26.3 Å². The van der Waals surface area contributed by atoms with Crippen LogP contribution in [0.15, 0.2) is 59.7 Å². The number of carbonyl (C=O) groups is 1. The molecule has 4 aromatic heterocycles. The zero-order valence-electron chi connectivity index (χ0n) is 22.3. The molecule has 1 unspecified atom stereocenters. The Kier molecular flexibility index (Phi) is 5.34. The van der Waals surface area contributed by atoms with E-state index in [1.165, 1.54) is 0 Å². The molecule has 3 fully saturated rings. The molecule has 8 rings (SSSR count). The number of nitrogens with zero attached hydrogens (tertiary/aromatic N) is 6. The van der Waals surface area contributed by atoms with E-state index in [0.29, 0.717) is 11.7 Å². The number of nitrogens with one attached hydrogen (secondary N) is 2. The third kappa shape index (κ3) is 3.94. The van der Waals surface area contributed by atoms with E-state index >= 15 is 0 Å². The Morgan fingerprint density at radius 2 is 1.71 bits per heavy atom. The van der Waals surface area contributed by atoms with Crippen molar-refractivity contribution in [2.75, 3.05) is 5.73 Å². The highest BCUT2D eigenvalue weighted by Gasteiger charge is 2.46. The summed E-state index contributed by atoms with van der Waals surface area (Å²) in [5, 5.41) is 10.8. The summed E-state index contributed by atoms with van der Waals surface area (Å²) < 4.78 is 1.78. The van der Waals surface area contributed by atoms with Crippen molar-refractivity contribution in [2.45, 2.75) is 62.4 Å². The Morgan fingerprint density at radius 3 is 2.37 bits per heavy atom. The van der Waals surface area contributed by atoms with Gasteiger partial charge in [-0.1, -0.05) is 36.4 Å². The number of hydrogen-bond donors (Lipinski definition) is 3. The average Bonchev–Trinajstić information content (AvgIpc) is 3.49. The molecule has 5 aromatic rings. The van der Waals surface area contributed by atoms with Crippen molar-refractivity contribution in [3.8, 4) is 22.4 Å². The van der Waals surface area contributed by atoms with Gasteiger partial charge >= 0.3 is 5.69 Å². The van der Waals surface area contributed by atoms with Gasteiger partial charge < -0.3 is 10.6 Å². The van der Waals surface area contributed by atoms with Gasteiger partial charge in [0.05, 0.1) is 17.6 Å². The van der Waals surface area contributed by atoms with Gasteiger partial charge in [-0.2, -0.15) is 9.61 Å². The van der Waals surface area contributed by atoms with E-state index in [4.69, 9.17) is 15.7 Å². The monoisotopic (exact) mass is 547 g/mol. The number of aromatic amines is 2. The lowest BCUT2D eigenvalue weighted by Gasteiger charge is -2.39. The van der Waals surface area contributed by atoms with E-state index < -0.39 is 5.69 Å². The zero-order chi connectivity index (χ0) is 27.7. The first-order valence-electron chi connectivity index (χ1n) is 14.2. The van der Waals surface area contributed by atoms with Crippen LogP contribution in [0.2, 0.25) is 0 Å². The van der Waals surface area contributed by atoms with E-state index in [1.54, 1.807) is 4.52 Å². The minimum absolute atomic E-state index is 0.0665. The predicted molar refractivity (Wildman–Crippen MR) is 152 cm³/mol. The van der Waals surface area contributed by atoms with Crippen LogP contribution in [-0.4, -0.2) is 57.7 Å². The normalized spacial score (nSPS) is 22.0. The van der Waals surface area contributed by atoms with Gasteiger partial charge in [-0.15, -0.1) is 5.10 Å². The molecule has 11 heteroatoms. The number of H-pyrrole nitrogens is 2. The first kappa shape index (κ1) is 24.0. The summed E-state index contributed by atoms with van der Waals surface area (Å²) in [4.78, 5) is 39.2. The number of hydrogen-bond acceptors (Lipinski definition) is 7. The minimum Gasteiger partial charge on any atom is -0.383 e. The second kappa shape index (κ2) is 9.12. The first-order chi connectivity index (χ1) is 20.0. The molecule has 41 heavy (non-hydrogen) atoms. The third-order valence-electron chi connectivity index (χ3n) is 8.94. The number of carbonyl (C=O) groups excluding carboxylic acids is 1. The van der Waals surface area contributed by atoms with Crippen molar-refractivity contribution in [1.29, 1.82) is 0 Å². The molecule has 2 saturated heterocycles. The van der Waals surface area contributed by atoms with Gasteiger partial charge in [-0.25, -0.2) is 14.9 Å². The van der Waals surface area contributed by atoms with Crippen molar-refractivity contribution in [3.05, 3.63) is 82.4 Å². The van der Waals surface area contributed by atoms with E-state index in [0.717, 1.165) is 77.8 Å². The lowest BCUT2D eigenvalue weighted by Crippen LogP contribution is -2.46. The number of fused-ring (bicyclic) bond motifs is 3. The van der Waals surface area contributed by atoms with Gasteiger partial charge in [-0.05, 0) is 50.5 Å². The number of pyridine rings is 1. The number of rotatable bonds is 5. The second-order valence-electron chi connectivity index (χ2n) is 11.5. The lowest BCUT2D eigenvalue weighted by atomic mass is 9.85. The number of amides is 1. The summed E-state index contributed by atoms with van der Waals surface area (Å²) in [6, 6.07) is 14.3. The minimum atomic E-state index is -0.473. The summed E-state index contributed by atoms with van der Waals surface area (Å²) in [5.74, 6) is 1.09. The number of nitrogen functional groups attached to an aromatic ring is 1. The maximum Gasteiger partial charge on any atom is 0.341 e. The maximum atomic E-state index is 13.2.